The molecule has 1 heterocycles. The van der Waals surface area contributed by atoms with Crippen LogP contribution in [0, 0.1) is 0 Å². The van der Waals surface area contributed by atoms with Crippen molar-refractivity contribution in [2.75, 3.05) is 32.7 Å². The predicted molar refractivity (Wildman–Crippen MR) is 57.0 cm³/mol. The molecule has 6 heteroatoms. The molecule has 14 heavy (non-hydrogen) atoms. The van der Waals surface area contributed by atoms with E-state index in [4.69, 9.17) is 15.6 Å². The third kappa shape index (κ3) is 2.14. The molecule has 0 saturated carbocycles. The average molecular weight is 217 g/mol. The van der Waals surface area contributed by atoms with Crippen LogP contribution in [0.5, 0.6) is 5.88 Å². The number of nitrogens with zero attached hydrogens (tertiary/aromatic N) is 2. The zero-order valence-corrected chi connectivity index (χ0v) is 9.34. The summed E-state index contributed by atoms with van der Waals surface area (Å²) in [6.07, 6.45) is 0. The molecule has 0 aliphatic rings. The summed E-state index contributed by atoms with van der Waals surface area (Å²) in [6.45, 7) is -0.106. The van der Waals surface area contributed by atoms with Crippen LogP contribution in [0.2, 0.25) is 0 Å². The van der Waals surface area contributed by atoms with Crippen molar-refractivity contribution in [3.63, 3.8) is 0 Å². The van der Waals surface area contributed by atoms with E-state index in [0.717, 1.165) is 10.0 Å². The quantitative estimate of drug-likeness (QED) is 0.754. The lowest BCUT2D eigenvalue weighted by atomic mass is 10.3. The molecule has 1 aromatic rings. The van der Waals surface area contributed by atoms with Crippen LogP contribution in [-0.2, 0) is 0 Å². The van der Waals surface area contributed by atoms with Crippen LogP contribution in [0.25, 0.3) is 0 Å². The van der Waals surface area contributed by atoms with E-state index in [1.165, 1.54) is 11.3 Å². The zero-order valence-electron chi connectivity index (χ0n) is 8.52. The molecule has 0 saturated heterocycles. The smallest absolute Gasteiger partial charge is 0.231 e. The maximum atomic E-state index is 8.94. The van der Waals surface area contributed by atoms with Crippen molar-refractivity contribution in [2.24, 2.45) is 5.73 Å². The van der Waals surface area contributed by atoms with Gasteiger partial charge in [0.15, 0.2) is 5.13 Å². The Morgan fingerprint density at radius 2 is 2.29 bits per heavy atom. The van der Waals surface area contributed by atoms with Gasteiger partial charge >= 0.3 is 0 Å². The minimum absolute atomic E-state index is 0.106. The van der Waals surface area contributed by atoms with E-state index in [1.807, 2.05) is 19.0 Å². The molecule has 0 amide bonds. The molecule has 3 N–H and O–H groups in total. The van der Waals surface area contributed by atoms with Gasteiger partial charge in [-0.15, -0.1) is 0 Å². The van der Waals surface area contributed by atoms with Gasteiger partial charge in [0.05, 0.1) is 24.6 Å². The Bertz CT molecular complexity index is 301. The second-order valence-corrected chi connectivity index (χ2v) is 4.06. The monoisotopic (exact) mass is 217 g/mol. The fraction of sp³-hybridized carbons (Fsp3) is 0.625. The van der Waals surface area contributed by atoms with Crippen molar-refractivity contribution in [2.45, 2.75) is 6.04 Å². The molecule has 1 atom stereocenters. The standard InChI is InChI=1S/C8H15N3O2S/c1-11(2)8-10-7(13-3)6(14-8)5(9)4-12/h5,12H,4,9H2,1-3H3. The average Bonchev–Trinajstić information content (AvgIpc) is 2.60. The van der Waals surface area contributed by atoms with Crippen LogP contribution in [0.1, 0.15) is 10.9 Å². The number of hydrogen-bond donors (Lipinski definition) is 2. The van der Waals surface area contributed by atoms with Crippen molar-refractivity contribution in [3.05, 3.63) is 4.88 Å². The molecule has 0 spiro atoms. The second-order valence-electron chi connectivity index (χ2n) is 3.05. The molecule has 0 aromatic carbocycles. The first-order valence-corrected chi connectivity index (χ1v) is 5.00. The van der Waals surface area contributed by atoms with E-state index in [1.54, 1.807) is 7.11 Å². The number of ether oxygens (including phenoxy) is 1. The van der Waals surface area contributed by atoms with E-state index in [0.29, 0.717) is 5.88 Å². The van der Waals surface area contributed by atoms with Gasteiger partial charge < -0.3 is 20.5 Å². The van der Waals surface area contributed by atoms with Crippen LogP contribution >= 0.6 is 11.3 Å². The number of aliphatic hydroxyl groups excluding tert-OH is 1. The highest BCUT2D eigenvalue weighted by Gasteiger charge is 2.18. The molecule has 1 aromatic heterocycles. The Kier molecular flexibility index (Phi) is 3.68. The number of hydrogen-bond acceptors (Lipinski definition) is 6. The van der Waals surface area contributed by atoms with Gasteiger partial charge in [0.25, 0.3) is 0 Å². The van der Waals surface area contributed by atoms with Gasteiger partial charge in [0.2, 0.25) is 5.88 Å². The Balaban J connectivity index is 3.02. The van der Waals surface area contributed by atoms with E-state index >= 15 is 0 Å². The Hall–Kier alpha value is -0.850. The van der Waals surface area contributed by atoms with E-state index < -0.39 is 6.04 Å². The molecule has 1 rings (SSSR count). The molecular weight excluding hydrogens is 202 g/mol. The lowest BCUT2D eigenvalue weighted by molar-refractivity contribution is 0.266. The number of methoxy groups -OCH3 is 1. The number of aliphatic hydroxyl groups is 1. The van der Waals surface area contributed by atoms with Gasteiger partial charge in [-0.3, -0.25) is 0 Å². The highest BCUT2D eigenvalue weighted by atomic mass is 32.1. The Labute approximate surface area is 87.1 Å². The van der Waals surface area contributed by atoms with Gasteiger partial charge in [-0.25, -0.2) is 0 Å². The molecule has 0 aliphatic heterocycles. The summed E-state index contributed by atoms with van der Waals surface area (Å²) < 4.78 is 5.08. The maximum absolute atomic E-state index is 8.94. The van der Waals surface area contributed by atoms with Crippen LogP contribution < -0.4 is 15.4 Å². The lowest BCUT2D eigenvalue weighted by Gasteiger charge is -2.06. The van der Waals surface area contributed by atoms with Gasteiger partial charge in [-0.2, -0.15) is 4.98 Å². The second kappa shape index (κ2) is 4.59. The van der Waals surface area contributed by atoms with Crippen LogP contribution in [0.4, 0.5) is 5.13 Å². The normalized spacial score (nSPS) is 12.6. The van der Waals surface area contributed by atoms with E-state index in [9.17, 15) is 0 Å². The molecule has 0 radical (unpaired) electrons. The summed E-state index contributed by atoms with van der Waals surface area (Å²) >= 11 is 1.43. The fourth-order valence-electron chi connectivity index (χ4n) is 0.962. The fourth-order valence-corrected chi connectivity index (χ4v) is 1.91. The number of thiazole rings is 1. The number of anilines is 1. The van der Waals surface area contributed by atoms with Crippen molar-refractivity contribution in [1.29, 1.82) is 0 Å². The third-order valence-electron chi connectivity index (χ3n) is 1.72. The highest BCUT2D eigenvalue weighted by Crippen LogP contribution is 2.33. The zero-order chi connectivity index (χ0) is 10.7. The number of rotatable bonds is 4. The molecule has 5 nitrogen and oxygen atoms in total. The van der Waals surface area contributed by atoms with Crippen LogP contribution in [0.15, 0.2) is 0 Å². The number of nitrogens with two attached hydrogens (primary N) is 1. The minimum atomic E-state index is -0.420. The predicted octanol–water partition coefficient (Wildman–Crippen LogP) is 0.210. The highest BCUT2D eigenvalue weighted by molar-refractivity contribution is 7.16. The molecule has 0 fully saturated rings. The first-order chi connectivity index (χ1) is 6.60. The molecule has 0 aliphatic carbocycles. The third-order valence-corrected chi connectivity index (χ3v) is 3.05. The largest absolute Gasteiger partial charge is 0.480 e. The number of aromatic nitrogens is 1. The molecule has 0 bridgehead atoms. The topological polar surface area (TPSA) is 71.6 Å². The summed E-state index contributed by atoms with van der Waals surface area (Å²) in [4.78, 5) is 6.88. The molecule has 80 valence electrons. The summed E-state index contributed by atoms with van der Waals surface area (Å²) in [6, 6.07) is -0.420. The van der Waals surface area contributed by atoms with Gasteiger partial charge in [0.1, 0.15) is 0 Å². The van der Waals surface area contributed by atoms with Crippen molar-refractivity contribution < 1.29 is 9.84 Å². The first kappa shape index (κ1) is 11.2. The first-order valence-electron chi connectivity index (χ1n) is 4.18. The van der Waals surface area contributed by atoms with E-state index in [-0.39, 0.29) is 6.61 Å². The SMILES string of the molecule is COc1nc(N(C)C)sc1C(N)CO. The summed E-state index contributed by atoms with van der Waals surface area (Å²) in [7, 11) is 5.33. The molecular formula is C8H15N3O2S. The van der Waals surface area contributed by atoms with Gasteiger partial charge in [0, 0.05) is 14.1 Å². The summed E-state index contributed by atoms with van der Waals surface area (Å²) in [5.41, 5.74) is 5.71. The van der Waals surface area contributed by atoms with Crippen LogP contribution in [-0.4, -0.2) is 37.9 Å². The van der Waals surface area contributed by atoms with Crippen molar-refractivity contribution in [1.82, 2.24) is 4.98 Å². The maximum Gasteiger partial charge on any atom is 0.231 e. The van der Waals surface area contributed by atoms with Crippen LogP contribution in [0.3, 0.4) is 0 Å². The van der Waals surface area contributed by atoms with Gasteiger partial charge in [-0.05, 0) is 0 Å². The minimum Gasteiger partial charge on any atom is -0.480 e. The molecule has 1 unspecified atom stereocenters. The van der Waals surface area contributed by atoms with E-state index in [2.05, 4.69) is 4.98 Å². The lowest BCUT2D eigenvalue weighted by Crippen LogP contribution is -2.13. The van der Waals surface area contributed by atoms with Gasteiger partial charge in [-0.1, -0.05) is 11.3 Å². The summed E-state index contributed by atoms with van der Waals surface area (Å²) in [5.74, 6) is 0.500. The van der Waals surface area contributed by atoms with Crippen molar-refractivity contribution in [3.8, 4) is 5.88 Å². The Morgan fingerprint density at radius 3 is 2.71 bits per heavy atom. The summed E-state index contributed by atoms with van der Waals surface area (Å²) in [5, 5.41) is 9.76. The Morgan fingerprint density at radius 1 is 1.64 bits per heavy atom. The van der Waals surface area contributed by atoms with Crippen molar-refractivity contribution >= 4 is 16.5 Å².